The molecular weight excluding hydrogens is 495 g/mol. The first-order valence-electron chi connectivity index (χ1n) is 10.1. The summed E-state index contributed by atoms with van der Waals surface area (Å²) < 4.78 is 11.9. The molecule has 3 rings (SSSR count). The fraction of sp³-hybridized carbons (Fsp3) is 0.391. The minimum absolute atomic E-state index is 0.0495. The molecule has 2 amide bonds. The highest BCUT2D eigenvalue weighted by Gasteiger charge is 2.27. The summed E-state index contributed by atoms with van der Waals surface area (Å²) >= 11 is 2.23. The van der Waals surface area contributed by atoms with Crippen LogP contribution in [-0.4, -0.2) is 36.5 Å². The standard InChI is InChI=1S/C23H27IN2O4/c1-29-21-12-16(10-11-20(21)30-15-22(25)27)14-26(19-8-3-2-4-9-19)23(28)17-6-5-7-18(24)13-17/h5-7,10-13,19H,2-4,8-9,14-15H2,1H3,(H2,25,27). The Hall–Kier alpha value is -2.29. The number of hydrogen-bond donors (Lipinski definition) is 1. The number of nitrogens with zero attached hydrogens (tertiary/aromatic N) is 1. The second-order valence-corrected chi connectivity index (χ2v) is 8.72. The number of hydrogen-bond acceptors (Lipinski definition) is 4. The van der Waals surface area contributed by atoms with Crippen LogP contribution >= 0.6 is 22.6 Å². The van der Waals surface area contributed by atoms with Crippen molar-refractivity contribution in [1.29, 1.82) is 0 Å². The topological polar surface area (TPSA) is 81.9 Å². The monoisotopic (exact) mass is 522 g/mol. The van der Waals surface area contributed by atoms with Gasteiger partial charge in [0, 0.05) is 21.7 Å². The molecule has 1 fully saturated rings. The van der Waals surface area contributed by atoms with Crippen molar-refractivity contribution in [3.8, 4) is 11.5 Å². The number of benzene rings is 2. The molecule has 1 aliphatic carbocycles. The number of carbonyl (C=O) groups excluding carboxylic acids is 2. The Kier molecular flexibility index (Phi) is 7.95. The van der Waals surface area contributed by atoms with Crippen LogP contribution < -0.4 is 15.2 Å². The molecule has 7 heteroatoms. The third-order valence-electron chi connectivity index (χ3n) is 5.30. The van der Waals surface area contributed by atoms with E-state index >= 15 is 0 Å². The lowest BCUT2D eigenvalue weighted by Gasteiger charge is -2.35. The number of primary amides is 1. The van der Waals surface area contributed by atoms with Crippen LogP contribution in [0, 0.1) is 3.57 Å². The maximum Gasteiger partial charge on any atom is 0.255 e. The van der Waals surface area contributed by atoms with Gasteiger partial charge >= 0.3 is 0 Å². The Morgan fingerprint density at radius 1 is 1.10 bits per heavy atom. The summed E-state index contributed by atoms with van der Waals surface area (Å²) in [4.78, 5) is 26.4. The summed E-state index contributed by atoms with van der Waals surface area (Å²) in [6.07, 6.45) is 5.55. The molecule has 0 aliphatic heterocycles. The lowest BCUT2D eigenvalue weighted by atomic mass is 9.93. The number of nitrogens with two attached hydrogens (primary N) is 1. The Balaban J connectivity index is 1.85. The fourth-order valence-electron chi connectivity index (χ4n) is 3.82. The molecular formula is C23H27IN2O4. The highest BCUT2D eigenvalue weighted by atomic mass is 127. The molecule has 0 atom stereocenters. The first-order chi connectivity index (χ1) is 14.5. The molecule has 160 valence electrons. The molecule has 0 saturated heterocycles. The molecule has 6 nitrogen and oxygen atoms in total. The van der Waals surface area contributed by atoms with E-state index in [0.29, 0.717) is 23.6 Å². The zero-order valence-corrected chi connectivity index (χ0v) is 19.3. The largest absolute Gasteiger partial charge is 0.493 e. The van der Waals surface area contributed by atoms with Crippen LogP contribution in [0.2, 0.25) is 0 Å². The molecule has 2 N–H and O–H groups in total. The van der Waals surface area contributed by atoms with Gasteiger partial charge in [-0.2, -0.15) is 0 Å². The summed E-state index contributed by atoms with van der Waals surface area (Å²) in [5, 5.41) is 0. The van der Waals surface area contributed by atoms with Gasteiger partial charge in [0.2, 0.25) is 0 Å². The number of halogens is 1. The van der Waals surface area contributed by atoms with Gasteiger partial charge in [0.05, 0.1) is 7.11 Å². The van der Waals surface area contributed by atoms with Gasteiger partial charge in [0.1, 0.15) is 0 Å². The minimum atomic E-state index is -0.548. The van der Waals surface area contributed by atoms with E-state index in [9.17, 15) is 9.59 Å². The van der Waals surface area contributed by atoms with Crippen molar-refractivity contribution < 1.29 is 19.1 Å². The number of carbonyl (C=O) groups is 2. The van der Waals surface area contributed by atoms with Gasteiger partial charge in [-0.3, -0.25) is 9.59 Å². The number of ether oxygens (including phenoxy) is 2. The first-order valence-corrected chi connectivity index (χ1v) is 11.2. The van der Waals surface area contributed by atoms with E-state index in [1.165, 1.54) is 6.42 Å². The Morgan fingerprint density at radius 2 is 1.87 bits per heavy atom. The van der Waals surface area contributed by atoms with Gasteiger partial charge in [-0.15, -0.1) is 0 Å². The van der Waals surface area contributed by atoms with Crippen molar-refractivity contribution in [3.63, 3.8) is 0 Å². The third-order valence-corrected chi connectivity index (χ3v) is 5.97. The van der Waals surface area contributed by atoms with Crippen molar-refractivity contribution in [2.45, 2.75) is 44.7 Å². The van der Waals surface area contributed by atoms with Crippen LogP contribution in [0.15, 0.2) is 42.5 Å². The summed E-state index contributed by atoms with van der Waals surface area (Å²) in [5.74, 6) is 0.466. The lowest BCUT2D eigenvalue weighted by Crippen LogP contribution is -2.41. The molecule has 2 aromatic carbocycles. The van der Waals surface area contributed by atoms with E-state index in [4.69, 9.17) is 15.2 Å². The summed E-state index contributed by atoms with van der Waals surface area (Å²) in [7, 11) is 1.55. The third kappa shape index (κ3) is 5.87. The SMILES string of the molecule is COc1cc(CN(C(=O)c2cccc(I)c2)C2CCCCC2)ccc1OCC(N)=O. The molecule has 30 heavy (non-hydrogen) atoms. The smallest absolute Gasteiger partial charge is 0.255 e. The van der Waals surface area contributed by atoms with Crippen LogP contribution in [0.25, 0.3) is 0 Å². The van der Waals surface area contributed by atoms with Crippen LogP contribution in [0.3, 0.4) is 0 Å². The molecule has 1 aliphatic rings. The Bertz CT molecular complexity index is 897. The van der Waals surface area contributed by atoms with Crippen LogP contribution in [0.5, 0.6) is 11.5 Å². The number of methoxy groups -OCH3 is 1. The van der Waals surface area contributed by atoms with Gasteiger partial charge < -0.3 is 20.1 Å². The van der Waals surface area contributed by atoms with Gasteiger partial charge in [-0.1, -0.05) is 31.4 Å². The Morgan fingerprint density at radius 3 is 2.53 bits per heavy atom. The van der Waals surface area contributed by atoms with Gasteiger partial charge in [-0.05, 0) is 71.3 Å². The zero-order valence-electron chi connectivity index (χ0n) is 17.1. The molecule has 0 radical (unpaired) electrons. The predicted molar refractivity (Wildman–Crippen MR) is 124 cm³/mol. The van der Waals surface area contributed by atoms with Crippen molar-refractivity contribution in [2.24, 2.45) is 5.73 Å². The van der Waals surface area contributed by atoms with Gasteiger partial charge in [0.25, 0.3) is 11.8 Å². The molecule has 0 bridgehead atoms. The fourth-order valence-corrected chi connectivity index (χ4v) is 4.37. The number of amides is 2. The van der Waals surface area contributed by atoms with E-state index in [1.54, 1.807) is 13.2 Å². The molecule has 0 heterocycles. The molecule has 0 spiro atoms. The average Bonchev–Trinajstić information content (AvgIpc) is 2.76. The van der Waals surface area contributed by atoms with E-state index in [2.05, 4.69) is 22.6 Å². The second kappa shape index (κ2) is 10.7. The van der Waals surface area contributed by atoms with Crippen molar-refractivity contribution in [1.82, 2.24) is 4.90 Å². The maximum absolute atomic E-state index is 13.4. The van der Waals surface area contributed by atoms with Crippen LogP contribution in [0.1, 0.15) is 48.0 Å². The second-order valence-electron chi connectivity index (χ2n) is 7.48. The Labute approximate surface area is 190 Å². The molecule has 0 aromatic heterocycles. The van der Waals surface area contributed by atoms with Crippen LogP contribution in [0.4, 0.5) is 0 Å². The van der Waals surface area contributed by atoms with E-state index in [0.717, 1.165) is 34.8 Å². The van der Waals surface area contributed by atoms with Gasteiger partial charge in [-0.25, -0.2) is 0 Å². The van der Waals surface area contributed by atoms with Crippen molar-refractivity contribution in [3.05, 3.63) is 57.2 Å². The quantitative estimate of drug-likeness (QED) is 0.529. The van der Waals surface area contributed by atoms with Crippen molar-refractivity contribution in [2.75, 3.05) is 13.7 Å². The maximum atomic E-state index is 13.4. The zero-order chi connectivity index (χ0) is 21.5. The normalized spacial score (nSPS) is 14.2. The summed E-state index contributed by atoms with van der Waals surface area (Å²) in [5.41, 5.74) is 6.82. The van der Waals surface area contributed by atoms with Gasteiger partial charge in [0.15, 0.2) is 18.1 Å². The highest BCUT2D eigenvalue weighted by Crippen LogP contribution is 2.31. The highest BCUT2D eigenvalue weighted by molar-refractivity contribution is 14.1. The van der Waals surface area contributed by atoms with Crippen molar-refractivity contribution >= 4 is 34.4 Å². The molecule has 1 saturated carbocycles. The number of rotatable bonds is 8. The predicted octanol–water partition coefficient (Wildman–Crippen LogP) is 4.14. The molecule has 2 aromatic rings. The summed E-state index contributed by atoms with van der Waals surface area (Å²) in [6, 6.07) is 13.4. The van der Waals surface area contributed by atoms with Crippen LogP contribution in [-0.2, 0) is 11.3 Å². The molecule has 0 unspecified atom stereocenters. The van der Waals surface area contributed by atoms with E-state index in [-0.39, 0.29) is 18.6 Å². The average molecular weight is 522 g/mol. The lowest BCUT2D eigenvalue weighted by molar-refractivity contribution is -0.119. The first kappa shape index (κ1) is 22.4. The summed E-state index contributed by atoms with van der Waals surface area (Å²) in [6.45, 7) is 0.274. The van der Waals surface area contributed by atoms with E-state index < -0.39 is 5.91 Å². The minimum Gasteiger partial charge on any atom is -0.493 e. The van der Waals surface area contributed by atoms with E-state index in [1.807, 2.05) is 41.3 Å².